The van der Waals surface area contributed by atoms with Crippen molar-refractivity contribution in [2.24, 2.45) is 5.92 Å². The van der Waals surface area contributed by atoms with Crippen LogP contribution in [0.3, 0.4) is 0 Å². The van der Waals surface area contributed by atoms with Crippen molar-refractivity contribution in [2.45, 2.75) is 12.8 Å². The van der Waals surface area contributed by atoms with E-state index in [9.17, 15) is 13.6 Å². The molecule has 2 aromatic rings. The van der Waals surface area contributed by atoms with Crippen molar-refractivity contribution in [1.29, 1.82) is 0 Å². The van der Waals surface area contributed by atoms with Crippen LogP contribution in [0.4, 0.5) is 8.78 Å². The second kappa shape index (κ2) is 7.81. The number of benzene rings is 1. The second-order valence-corrected chi connectivity index (χ2v) is 6.56. The first-order chi connectivity index (χ1) is 13.6. The predicted octanol–water partition coefficient (Wildman–Crippen LogP) is 2.80. The highest BCUT2D eigenvalue weighted by molar-refractivity contribution is 5.94. The number of hydroxylamine groups is 1. The molecule has 28 heavy (non-hydrogen) atoms. The normalized spacial score (nSPS) is 19.2. The van der Waals surface area contributed by atoms with Gasteiger partial charge >= 0.3 is 0 Å². The van der Waals surface area contributed by atoms with Crippen LogP contribution in [0.2, 0.25) is 0 Å². The Morgan fingerprint density at radius 1 is 1.29 bits per heavy atom. The maximum absolute atomic E-state index is 13.3. The Bertz CT molecular complexity index is 908. The number of nitrogens with one attached hydrogen (secondary N) is 1. The number of aromatic nitrogens is 1. The third kappa shape index (κ3) is 4.04. The zero-order chi connectivity index (χ0) is 19.5. The van der Waals surface area contributed by atoms with Gasteiger partial charge in [0.25, 0.3) is 5.91 Å². The molecule has 1 amide bonds. The largest absolute Gasteiger partial charge is 0.389 e. The molecular formula is C19H18F2N4O3. The average Bonchev–Trinajstić information content (AvgIpc) is 3.16. The summed E-state index contributed by atoms with van der Waals surface area (Å²) in [6.07, 6.45) is 4.51. The van der Waals surface area contributed by atoms with E-state index < -0.39 is 11.8 Å². The molecule has 1 fully saturated rings. The Hall–Kier alpha value is -3.20. The van der Waals surface area contributed by atoms with E-state index >= 15 is 0 Å². The number of carbonyl (C=O) groups excluding carboxylic acids is 1. The number of rotatable bonds is 4. The molecule has 1 N–H and O–H groups in total. The predicted molar refractivity (Wildman–Crippen MR) is 94.0 cm³/mol. The molecule has 7 nitrogen and oxygen atoms in total. The monoisotopic (exact) mass is 388 g/mol. The van der Waals surface area contributed by atoms with E-state index in [1.54, 1.807) is 23.2 Å². The molecule has 146 valence electrons. The minimum absolute atomic E-state index is 0.0435. The van der Waals surface area contributed by atoms with Gasteiger partial charge in [-0.2, -0.15) is 4.39 Å². The van der Waals surface area contributed by atoms with Crippen molar-refractivity contribution in [3.05, 3.63) is 71.9 Å². The molecule has 1 saturated heterocycles. The fourth-order valence-corrected chi connectivity index (χ4v) is 3.25. The lowest BCUT2D eigenvalue weighted by atomic mass is 9.96. The van der Waals surface area contributed by atoms with Gasteiger partial charge in [0.15, 0.2) is 11.5 Å². The number of nitrogens with zero attached hydrogens (tertiary/aromatic N) is 3. The van der Waals surface area contributed by atoms with Crippen molar-refractivity contribution in [1.82, 2.24) is 20.6 Å². The van der Waals surface area contributed by atoms with Crippen molar-refractivity contribution in [3.8, 4) is 5.75 Å². The third-order valence-electron chi connectivity index (χ3n) is 4.58. The van der Waals surface area contributed by atoms with E-state index in [0.717, 1.165) is 18.9 Å². The smallest absolute Gasteiger partial charge is 0.254 e. The minimum atomic E-state index is -0.685. The van der Waals surface area contributed by atoms with Crippen LogP contribution < -0.4 is 10.4 Å². The Morgan fingerprint density at radius 2 is 2.18 bits per heavy atom. The first kappa shape index (κ1) is 18.2. The molecule has 0 saturated carbocycles. The van der Waals surface area contributed by atoms with Gasteiger partial charge in [-0.1, -0.05) is 6.07 Å². The van der Waals surface area contributed by atoms with Crippen LogP contribution in [-0.4, -0.2) is 34.1 Å². The van der Waals surface area contributed by atoms with Crippen LogP contribution in [0, 0.1) is 17.7 Å². The molecule has 1 atom stereocenters. The zero-order valence-electron chi connectivity index (χ0n) is 14.8. The van der Waals surface area contributed by atoms with Crippen molar-refractivity contribution >= 4 is 5.91 Å². The van der Waals surface area contributed by atoms with Crippen LogP contribution in [-0.2, 0) is 4.84 Å². The first-order valence-corrected chi connectivity index (χ1v) is 8.86. The fraction of sp³-hybridized carbons (Fsp3) is 0.263. The molecule has 1 aromatic heterocycles. The van der Waals surface area contributed by atoms with E-state index in [2.05, 4.69) is 10.6 Å². The quantitative estimate of drug-likeness (QED) is 0.813. The van der Waals surface area contributed by atoms with Crippen molar-refractivity contribution in [3.63, 3.8) is 0 Å². The Kier molecular flexibility index (Phi) is 5.07. The highest BCUT2D eigenvalue weighted by Crippen LogP contribution is 2.28. The summed E-state index contributed by atoms with van der Waals surface area (Å²) in [7, 11) is 0. The summed E-state index contributed by atoms with van der Waals surface area (Å²) in [5.74, 6) is -0.460. The topological polar surface area (TPSA) is 66.9 Å². The van der Waals surface area contributed by atoms with E-state index in [1.807, 2.05) is 0 Å². The number of pyridine rings is 1. The van der Waals surface area contributed by atoms with Crippen molar-refractivity contribution < 1.29 is 23.3 Å². The molecule has 0 unspecified atom stereocenters. The summed E-state index contributed by atoms with van der Waals surface area (Å²) in [6, 6.07) is 8.36. The van der Waals surface area contributed by atoms with E-state index in [4.69, 9.17) is 9.68 Å². The number of likely N-dealkylation sites (tertiary alicyclic amines) is 1. The van der Waals surface area contributed by atoms with Gasteiger partial charge in [0.05, 0.1) is 0 Å². The molecule has 0 radical (unpaired) electrons. The number of hydrogen-bond donors (Lipinski definition) is 1. The zero-order valence-corrected chi connectivity index (χ0v) is 14.8. The SMILES string of the molecule is O=C(c1ccnc(F)c1)N1CCC[C@H](C2=CN(Oc3cccc(F)c3)NO2)C1. The lowest BCUT2D eigenvalue weighted by Crippen LogP contribution is -2.40. The minimum Gasteiger partial charge on any atom is -0.389 e. The second-order valence-electron chi connectivity index (χ2n) is 6.56. The Balaban J connectivity index is 1.41. The summed E-state index contributed by atoms with van der Waals surface area (Å²) in [5.41, 5.74) is 2.86. The lowest BCUT2D eigenvalue weighted by Gasteiger charge is -2.32. The van der Waals surface area contributed by atoms with Crippen LogP contribution in [0.15, 0.2) is 54.6 Å². The Morgan fingerprint density at radius 3 is 3.00 bits per heavy atom. The highest BCUT2D eigenvalue weighted by atomic mass is 19.1. The summed E-state index contributed by atoms with van der Waals surface area (Å²) in [6.45, 7) is 1.02. The van der Waals surface area contributed by atoms with E-state index in [1.165, 1.54) is 29.6 Å². The van der Waals surface area contributed by atoms with Gasteiger partial charge in [0, 0.05) is 42.9 Å². The summed E-state index contributed by atoms with van der Waals surface area (Å²) < 4.78 is 26.6. The standard InChI is InChI=1S/C19H18F2N4O3/c20-15-4-1-5-16(10-15)28-25-12-17(27-23-25)14-3-2-8-24(11-14)19(26)13-6-7-22-18(21)9-13/h1,4-7,9-10,12,14,23H,2-3,8,11H2/t14-/m0/s1. The van der Waals surface area contributed by atoms with Gasteiger partial charge in [0.2, 0.25) is 5.95 Å². The maximum atomic E-state index is 13.3. The maximum Gasteiger partial charge on any atom is 0.254 e. The van der Waals surface area contributed by atoms with Gasteiger partial charge in [0.1, 0.15) is 12.0 Å². The summed E-state index contributed by atoms with van der Waals surface area (Å²) >= 11 is 0. The average molecular weight is 388 g/mol. The molecule has 0 spiro atoms. The van der Waals surface area contributed by atoms with Crippen LogP contribution in [0.5, 0.6) is 5.75 Å². The molecular weight excluding hydrogens is 370 g/mol. The number of hydrazine groups is 1. The lowest BCUT2D eigenvalue weighted by molar-refractivity contribution is -0.139. The van der Waals surface area contributed by atoms with Gasteiger partial charge in [-0.3, -0.25) is 4.79 Å². The fourth-order valence-electron chi connectivity index (χ4n) is 3.25. The number of hydrogen-bond acceptors (Lipinski definition) is 6. The number of carbonyl (C=O) groups is 1. The molecule has 2 aliphatic heterocycles. The van der Waals surface area contributed by atoms with Crippen LogP contribution >= 0.6 is 0 Å². The number of amides is 1. The highest BCUT2D eigenvalue weighted by Gasteiger charge is 2.31. The third-order valence-corrected chi connectivity index (χ3v) is 4.58. The molecule has 3 heterocycles. The molecule has 0 aliphatic carbocycles. The van der Waals surface area contributed by atoms with E-state index in [-0.39, 0.29) is 17.4 Å². The molecule has 2 aliphatic rings. The van der Waals surface area contributed by atoms with Gasteiger partial charge in [-0.15, -0.1) is 5.17 Å². The first-order valence-electron chi connectivity index (χ1n) is 8.86. The molecule has 1 aromatic carbocycles. The molecule has 0 bridgehead atoms. The van der Waals surface area contributed by atoms with Gasteiger partial charge in [-0.25, -0.2) is 9.37 Å². The van der Waals surface area contributed by atoms with Crippen LogP contribution in [0.25, 0.3) is 0 Å². The van der Waals surface area contributed by atoms with Crippen LogP contribution in [0.1, 0.15) is 23.2 Å². The molecule has 4 rings (SSSR count). The van der Waals surface area contributed by atoms with E-state index in [0.29, 0.717) is 24.6 Å². The number of piperidine rings is 1. The Labute approximate surface area is 160 Å². The van der Waals surface area contributed by atoms with Gasteiger partial charge < -0.3 is 14.6 Å². The molecule has 9 heteroatoms. The van der Waals surface area contributed by atoms with Gasteiger partial charge in [-0.05, 0) is 36.6 Å². The van der Waals surface area contributed by atoms with Crippen molar-refractivity contribution in [2.75, 3.05) is 13.1 Å². The summed E-state index contributed by atoms with van der Waals surface area (Å²) in [5, 5.41) is 1.24. The number of halogens is 2. The summed E-state index contributed by atoms with van der Waals surface area (Å²) in [4.78, 5) is 28.7.